The van der Waals surface area contributed by atoms with Crippen LogP contribution in [0.25, 0.3) is 0 Å². The van der Waals surface area contributed by atoms with Crippen LogP contribution in [0.5, 0.6) is 0 Å². The third kappa shape index (κ3) is 5.80. The lowest BCUT2D eigenvalue weighted by Gasteiger charge is -2.17. The Labute approximate surface area is 119 Å². The van der Waals surface area contributed by atoms with Gasteiger partial charge in [0.1, 0.15) is 18.4 Å². The summed E-state index contributed by atoms with van der Waals surface area (Å²) in [5, 5.41) is 0. The highest BCUT2D eigenvalue weighted by Gasteiger charge is 2.20. The lowest BCUT2D eigenvalue weighted by atomic mass is 9.97. The fourth-order valence-corrected chi connectivity index (χ4v) is 2.78. The van der Waals surface area contributed by atoms with Crippen LogP contribution < -0.4 is 4.57 Å². The molecule has 1 aromatic heterocycles. The first kappa shape index (κ1) is 16.3. The van der Waals surface area contributed by atoms with Crippen molar-refractivity contribution >= 4 is 0 Å². The Balaban J connectivity index is 2.46. The van der Waals surface area contributed by atoms with Gasteiger partial charge < -0.3 is 0 Å². The molecule has 0 bridgehead atoms. The van der Waals surface area contributed by atoms with Crippen LogP contribution in [0, 0.1) is 5.92 Å². The lowest BCUT2D eigenvalue weighted by molar-refractivity contribution is -0.696. The first-order valence-corrected chi connectivity index (χ1v) is 8.25. The normalized spacial score (nSPS) is 13.1. The first-order valence-electron chi connectivity index (χ1n) is 8.25. The minimum atomic E-state index is 0.666. The van der Waals surface area contributed by atoms with Crippen molar-refractivity contribution in [2.75, 3.05) is 0 Å². The number of rotatable bonds is 10. The van der Waals surface area contributed by atoms with Crippen LogP contribution in [-0.2, 0) is 6.54 Å². The molecule has 0 radical (unpaired) electrons. The van der Waals surface area contributed by atoms with Crippen molar-refractivity contribution in [2.24, 2.45) is 5.92 Å². The second-order valence-electron chi connectivity index (χ2n) is 6.11. The second-order valence-corrected chi connectivity index (χ2v) is 6.11. The van der Waals surface area contributed by atoms with Gasteiger partial charge in [-0.3, -0.25) is 0 Å². The van der Waals surface area contributed by atoms with Crippen LogP contribution in [0.15, 0.2) is 18.7 Å². The monoisotopic (exact) mass is 265 g/mol. The molecule has 0 saturated carbocycles. The quantitative estimate of drug-likeness (QED) is 0.427. The number of imidazole rings is 1. The van der Waals surface area contributed by atoms with E-state index in [1.165, 1.54) is 44.9 Å². The summed E-state index contributed by atoms with van der Waals surface area (Å²) in [6.07, 6.45) is 16.2. The van der Waals surface area contributed by atoms with E-state index in [4.69, 9.17) is 0 Å². The largest absolute Gasteiger partial charge is 0.243 e. The maximum Gasteiger partial charge on any atom is 0.243 e. The van der Waals surface area contributed by atoms with Crippen molar-refractivity contribution in [1.82, 2.24) is 4.57 Å². The molecular weight excluding hydrogens is 232 g/mol. The Morgan fingerprint density at radius 2 is 1.74 bits per heavy atom. The van der Waals surface area contributed by atoms with Gasteiger partial charge in [0.15, 0.2) is 0 Å². The fourth-order valence-electron chi connectivity index (χ4n) is 2.78. The van der Waals surface area contributed by atoms with Gasteiger partial charge in [-0.15, -0.1) is 0 Å². The van der Waals surface area contributed by atoms with Crippen molar-refractivity contribution in [2.45, 2.75) is 85.2 Å². The van der Waals surface area contributed by atoms with Crippen LogP contribution in [0.2, 0.25) is 0 Å². The van der Waals surface area contributed by atoms with E-state index in [2.05, 4.69) is 55.6 Å². The van der Waals surface area contributed by atoms with Crippen molar-refractivity contribution in [3.8, 4) is 0 Å². The third-order valence-electron chi connectivity index (χ3n) is 3.95. The second kappa shape index (κ2) is 9.17. The Kier molecular flexibility index (Phi) is 7.85. The molecule has 19 heavy (non-hydrogen) atoms. The molecule has 1 heterocycles. The lowest BCUT2D eigenvalue weighted by Crippen LogP contribution is -2.31. The van der Waals surface area contributed by atoms with E-state index in [-0.39, 0.29) is 0 Å². The Morgan fingerprint density at radius 3 is 2.37 bits per heavy atom. The average Bonchev–Trinajstić information content (AvgIpc) is 2.82. The zero-order chi connectivity index (χ0) is 14.1. The van der Waals surface area contributed by atoms with Crippen LogP contribution >= 0.6 is 0 Å². The standard InChI is InChI=1S/C17H33N2/c1-5-7-8-9-10-11-17(16(3)4)19-14-13-18(15-19)12-6-2/h13-17H,5-12H2,1-4H3/q+1/t17-/m0/s1. The molecule has 0 fully saturated rings. The number of aromatic nitrogens is 2. The topological polar surface area (TPSA) is 8.81 Å². The highest BCUT2D eigenvalue weighted by atomic mass is 15.1. The molecule has 0 aliphatic carbocycles. The van der Waals surface area contributed by atoms with E-state index in [0.29, 0.717) is 12.0 Å². The van der Waals surface area contributed by atoms with Crippen LogP contribution in [0.4, 0.5) is 0 Å². The SMILES string of the molecule is CCCCCCC[C@@H](C(C)C)n1cc[n+](CCC)c1. The van der Waals surface area contributed by atoms with Crippen LogP contribution in [-0.4, -0.2) is 4.57 Å². The van der Waals surface area contributed by atoms with E-state index in [1.807, 2.05) is 0 Å². The summed E-state index contributed by atoms with van der Waals surface area (Å²) in [7, 11) is 0. The number of nitrogens with zero attached hydrogens (tertiary/aromatic N) is 2. The molecule has 1 rings (SSSR count). The predicted octanol–water partition coefficient (Wildman–Crippen LogP) is 4.74. The van der Waals surface area contributed by atoms with Gasteiger partial charge in [0.2, 0.25) is 6.33 Å². The minimum absolute atomic E-state index is 0.666. The van der Waals surface area contributed by atoms with Gasteiger partial charge in [-0.1, -0.05) is 53.4 Å². The minimum Gasteiger partial charge on any atom is -0.237 e. The zero-order valence-corrected chi connectivity index (χ0v) is 13.4. The summed E-state index contributed by atoms with van der Waals surface area (Å²) >= 11 is 0. The molecule has 0 aliphatic heterocycles. The van der Waals surface area contributed by atoms with Crippen LogP contribution in [0.3, 0.4) is 0 Å². The Morgan fingerprint density at radius 1 is 1.00 bits per heavy atom. The molecule has 0 aromatic carbocycles. The number of hydrogen-bond donors (Lipinski definition) is 0. The van der Waals surface area contributed by atoms with Gasteiger partial charge in [0.25, 0.3) is 0 Å². The fraction of sp³-hybridized carbons (Fsp3) is 0.824. The predicted molar refractivity (Wildman–Crippen MR) is 82.2 cm³/mol. The van der Waals surface area contributed by atoms with Gasteiger partial charge in [0.05, 0.1) is 6.54 Å². The smallest absolute Gasteiger partial charge is 0.237 e. The molecule has 0 aliphatic rings. The van der Waals surface area contributed by atoms with Crippen molar-refractivity contribution in [1.29, 1.82) is 0 Å². The Hall–Kier alpha value is -0.790. The number of aryl methyl sites for hydroxylation is 1. The molecule has 0 saturated heterocycles. The number of unbranched alkanes of at least 4 members (excludes halogenated alkanes) is 4. The summed E-state index contributed by atoms with van der Waals surface area (Å²) in [6, 6.07) is 0.666. The van der Waals surface area contributed by atoms with Gasteiger partial charge in [-0.05, 0) is 25.2 Å². The van der Waals surface area contributed by atoms with E-state index in [1.54, 1.807) is 0 Å². The van der Waals surface area contributed by atoms with E-state index < -0.39 is 0 Å². The van der Waals surface area contributed by atoms with Gasteiger partial charge in [-0.25, -0.2) is 9.13 Å². The summed E-state index contributed by atoms with van der Waals surface area (Å²) in [5.41, 5.74) is 0. The highest BCUT2D eigenvalue weighted by molar-refractivity contribution is 4.77. The highest BCUT2D eigenvalue weighted by Crippen LogP contribution is 2.24. The molecule has 1 atom stereocenters. The van der Waals surface area contributed by atoms with Gasteiger partial charge >= 0.3 is 0 Å². The van der Waals surface area contributed by atoms with Crippen molar-refractivity contribution in [3.63, 3.8) is 0 Å². The number of hydrogen-bond acceptors (Lipinski definition) is 0. The third-order valence-corrected chi connectivity index (χ3v) is 3.95. The van der Waals surface area contributed by atoms with E-state index >= 15 is 0 Å². The maximum absolute atomic E-state index is 2.43. The average molecular weight is 265 g/mol. The summed E-state index contributed by atoms with van der Waals surface area (Å²) in [4.78, 5) is 0. The van der Waals surface area contributed by atoms with Crippen molar-refractivity contribution < 1.29 is 4.57 Å². The molecular formula is C17H33N2+. The summed E-state index contributed by atoms with van der Waals surface area (Å²) in [5.74, 6) is 0.716. The van der Waals surface area contributed by atoms with Gasteiger partial charge in [0, 0.05) is 0 Å². The van der Waals surface area contributed by atoms with Crippen molar-refractivity contribution in [3.05, 3.63) is 18.7 Å². The first-order chi connectivity index (χ1) is 9.19. The zero-order valence-electron chi connectivity index (χ0n) is 13.4. The molecule has 0 N–H and O–H groups in total. The molecule has 0 amide bonds. The van der Waals surface area contributed by atoms with Gasteiger partial charge in [-0.2, -0.15) is 0 Å². The van der Waals surface area contributed by atoms with E-state index in [9.17, 15) is 0 Å². The van der Waals surface area contributed by atoms with E-state index in [0.717, 1.165) is 6.54 Å². The summed E-state index contributed by atoms with van der Waals surface area (Å²) < 4.78 is 4.74. The molecule has 0 unspecified atom stereocenters. The molecule has 2 nitrogen and oxygen atoms in total. The maximum atomic E-state index is 2.43. The molecule has 0 spiro atoms. The molecule has 1 aromatic rings. The molecule has 2 heteroatoms. The Bertz CT molecular complexity index is 328. The molecule has 110 valence electrons. The van der Waals surface area contributed by atoms with Crippen LogP contribution in [0.1, 0.15) is 78.7 Å². The summed E-state index contributed by atoms with van der Waals surface area (Å²) in [6.45, 7) is 10.3.